The van der Waals surface area contributed by atoms with Crippen LogP contribution < -0.4 is 0 Å². The summed E-state index contributed by atoms with van der Waals surface area (Å²) in [6.07, 6.45) is 8.00. The van der Waals surface area contributed by atoms with E-state index in [0.717, 1.165) is 18.5 Å². The van der Waals surface area contributed by atoms with Gasteiger partial charge < -0.3 is 0 Å². The van der Waals surface area contributed by atoms with E-state index in [1.807, 2.05) is 29.2 Å². The summed E-state index contributed by atoms with van der Waals surface area (Å²) in [6.45, 7) is 4.42. The molecular weight excluding hydrogens is 174 g/mol. The van der Waals surface area contributed by atoms with Crippen molar-refractivity contribution in [2.75, 3.05) is 0 Å². The molecule has 0 N–H and O–H groups in total. The summed E-state index contributed by atoms with van der Waals surface area (Å²) in [7, 11) is 0. The van der Waals surface area contributed by atoms with E-state index in [1.54, 1.807) is 0 Å². The molecule has 3 heteroatoms. The fourth-order valence-electron chi connectivity index (χ4n) is 1.86. The highest BCUT2D eigenvalue weighted by Crippen LogP contribution is 2.25. The summed E-state index contributed by atoms with van der Waals surface area (Å²) in [4.78, 5) is 4.36. The minimum Gasteiger partial charge on any atom is -0.237 e. The zero-order chi connectivity index (χ0) is 9.97. The molecule has 0 unspecified atom stereocenters. The van der Waals surface area contributed by atoms with Crippen LogP contribution in [0.5, 0.6) is 0 Å². The van der Waals surface area contributed by atoms with Gasteiger partial charge in [0.05, 0.1) is 6.20 Å². The number of nitrogens with zero attached hydrogens (tertiary/aromatic N) is 3. The molecule has 0 atom stereocenters. The summed E-state index contributed by atoms with van der Waals surface area (Å²) < 4.78 is 1.84. The minimum absolute atomic E-state index is 0.586. The van der Waals surface area contributed by atoms with Crippen LogP contribution in [0.2, 0.25) is 0 Å². The van der Waals surface area contributed by atoms with E-state index in [2.05, 4.69) is 23.9 Å². The second kappa shape index (κ2) is 3.78. The van der Waals surface area contributed by atoms with E-state index in [-0.39, 0.29) is 0 Å². The van der Waals surface area contributed by atoms with Crippen LogP contribution in [0.15, 0.2) is 24.7 Å². The predicted molar refractivity (Wildman–Crippen MR) is 56.3 cm³/mol. The molecule has 0 spiro atoms. The summed E-state index contributed by atoms with van der Waals surface area (Å²) >= 11 is 0. The maximum Gasteiger partial charge on any atom is 0.158 e. The summed E-state index contributed by atoms with van der Waals surface area (Å²) in [5, 5.41) is 4.29. The third-order valence-electron chi connectivity index (χ3n) is 2.73. The van der Waals surface area contributed by atoms with Crippen LogP contribution in [-0.2, 0) is 0 Å². The van der Waals surface area contributed by atoms with E-state index in [1.165, 1.54) is 5.56 Å². The third kappa shape index (κ3) is 1.39. The predicted octanol–water partition coefficient (Wildman–Crippen LogP) is 2.63. The Morgan fingerprint density at radius 2 is 2.14 bits per heavy atom. The Bertz CT molecular complexity index is 415. The molecule has 0 aliphatic heterocycles. The van der Waals surface area contributed by atoms with Crippen LogP contribution in [0.25, 0.3) is 5.65 Å². The molecule has 0 fully saturated rings. The lowest BCUT2D eigenvalue weighted by atomic mass is 9.96. The largest absolute Gasteiger partial charge is 0.237 e. The van der Waals surface area contributed by atoms with Gasteiger partial charge in [-0.3, -0.25) is 0 Å². The molecule has 3 nitrogen and oxygen atoms in total. The topological polar surface area (TPSA) is 30.2 Å². The van der Waals surface area contributed by atoms with Gasteiger partial charge in [-0.15, -0.1) is 0 Å². The normalized spacial score (nSPS) is 11.4. The Kier molecular flexibility index (Phi) is 2.48. The average molecular weight is 189 g/mol. The standard InChI is InChI=1S/C11H15N3/c1-3-9(4-2)10-8-13-14-7-5-6-12-11(10)14/h5-9H,3-4H2,1-2H3. The zero-order valence-electron chi connectivity index (χ0n) is 8.64. The van der Waals surface area contributed by atoms with Crippen molar-refractivity contribution in [2.45, 2.75) is 32.6 Å². The molecule has 74 valence electrons. The Morgan fingerprint density at radius 1 is 1.36 bits per heavy atom. The fraction of sp³-hybridized carbons (Fsp3) is 0.455. The van der Waals surface area contributed by atoms with Crippen molar-refractivity contribution in [1.29, 1.82) is 0 Å². The third-order valence-corrected chi connectivity index (χ3v) is 2.73. The maximum absolute atomic E-state index is 4.36. The van der Waals surface area contributed by atoms with Crippen molar-refractivity contribution < 1.29 is 0 Å². The lowest BCUT2D eigenvalue weighted by Crippen LogP contribution is -1.96. The molecule has 0 bridgehead atoms. The summed E-state index contributed by atoms with van der Waals surface area (Å²) in [6, 6.07) is 1.90. The Morgan fingerprint density at radius 3 is 2.86 bits per heavy atom. The highest BCUT2D eigenvalue weighted by molar-refractivity contribution is 5.47. The van der Waals surface area contributed by atoms with Crippen molar-refractivity contribution in [3.05, 3.63) is 30.2 Å². The SMILES string of the molecule is CCC(CC)c1cnn2cccnc12. The second-order valence-electron chi connectivity index (χ2n) is 3.50. The van der Waals surface area contributed by atoms with Gasteiger partial charge in [-0.1, -0.05) is 13.8 Å². The van der Waals surface area contributed by atoms with Gasteiger partial charge in [0.15, 0.2) is 5.65 Å². The van der Waals surface area contributed by atoms with Gasteiger partial charge in [0, 0.05) is 18.0 Å². The van der Waals surface area contributed by atoms with Gasteiger partial charge in [-0.05, 0) is 24.8 Å². The molecule has 14 heavy (non-hydrogen) atoms. The molecule has 0 amide bonds. The van der Waals surface area contributed by atoms with Crippen molar-refractivity contribution in [1.82, 2.24) is 14.6 Å². The molecule has 2 aromatic heterocycles. The number of hydrogen-bond donors (Lipinski definition) is 0. The van der Waals surface area contributed by atoms with Crippen LogP contribution >= 0.6 is 0 Å². The molecule has 0 aliphatic carbocycles. The monoisotopic (exact) mass is 189 g/mol. The highest BCUT2D eigenvalue weighted by atomic mass is 15.2. The fourth-order valence-corrected chi connectivity index (χ4v) is 1.86. The lowest BCUT2D eigenvalue weighted by molar-refractivity contribution is 0.645. The van der Waals surface area contributed by atoms with Gasteiger partial charge in [0.1, 0.15) is 0 Å². The second-order valence-corrected chi connectivity index (χ2v) is 3.50. The number of fused-ring (bicyclic) bond motifs is 1. The molecule has 2 rings (SSSR count). The van der Waals surface area contributed by atoms with E-state index in [0.29, 0.717) is 5.92 Å². The lowest BCUT2D eigenvalue weighted by Gasteiger charge is -2.09. The number of hydrogen-bond acceptors (Lipinski definition) is 2. The van der Waals surface area contributed by atoms with Gasteiger partial charge in [-0.2, -0.15) is 5.10 Å². The summed E-state index contributed by atoms with van der Waals surface area (Å²) in [5.41, 5.74) is 2.27. The Hall–Kier alpha value is -1.38. The first kappa shape index (κ1) is 9.19. The maximum atomic E-state index is 4.36. The highest BCUT2D eigenvalue weighted by Gasteiger charge is 2.13. The van der Waals surface area contributed by atoms with E-state index in [4.69, 9.17) is 0 Å². The van der Waals surface area contributed by atoms with Gasteiger partial charge >= 0.3 is 0 Å². The zero-order valence-corrected chi connectivity index (χ0v) is 8.64. The van der Waals surface area contributed by atoms with Gasteiger partial charge in [-0.25, -0.2) is 9.50 Å². The molecule has 2 heterocycles. The molecule has 0 saturated heterocycles. The molecule has 0 radical (unpaired) electrons. The number of rotatable bonds is 3. The number of aromatic nitrogens is 3. The quantitative estimate of drug-likeness (QED) is 0.743. The molecule has 0 aromatic carbocycles. The Labute approximate surface area is 83.8 Å². The summed E-state index contributed by atoms with van der Waals surface area (Å²) in [5.74, 6) is 0.586. The Balaban J connectivity index is 2.51. The van der Waals surface area contributed by atoms with Crippen molar-refractivity contribution in [3.8, 4) is 0 Å². The molecular formula is C11H15N3. The minimum atomic E-state index is 0.586. The van der Waals surface area contributed by atoms with Crippen LogP contribution in [0.4, 0.5) is 0 Å². The van der Waals surface area contributed by atoms with Crippen molar-refractivity contribution in [3.63, 3.8) is 0 Å². The van der Waals surface area contributed by atoms with E-state index in [9.17, 15) is 0 Å². The van der Waals surface area contributed by atoms with Crippen LogP contribution in [0, 0.1) is 0 Å². The van der Waals surface area contributed by atoms with E-state index < -0.39 is 0 Å². The first-order valence-corrected chi connectivity index (χ1v) is 5.15. The van der Waals surface area contributed by atoms with Crippen molar-refractivity contribution >= 4 is 5.65 Å². The first-order valence-electron chi connectivity index (χ1n) is 5.15. The van der Waals surface area contributed by atoms with Crippen LogP contribution in [0.3, 0.4) is 0 Å². The van der Waals surface area contributed by atoms with Gasteiger partial charge in [0.25, 0.3) is 0 Å². The molecule has 0 aliphatic rings. The van der Waals surface area contributed by atoms with E-state index >= 15 is 0 Å². The van der Waals surface area contributed by atoms with Crippen LogP contribution in [0.1, 0.15) is 38.2 Å². The van der Waals surface area contributed by atoms with Gasteiger partial charge in [0.2, 0.25) is 0 Å². The molecule has 0 saturated carbocycles. The van der Waals surface area contributed by atoms with Crippen LogP contribution in [-0.4, -0.2) is 14.6 Å². The average Bonchev–Trinajstić information content (AvgIpc) is 2.65. The molecule has 2 aromatic rings. The first-order chi connectivity index (χ1) is 6.86. The van der Waals surface area contributed by atoms with Crippen molar-refractivity contribution in [2.24, 2.45) is 0 Å². The smallest absolute Gasteiger partial charge is 0.158 e.